The van der Waals surface area contributed by atoms with E-state index in [1.807, 2.05) is 0 Å². The summed E-state index contributed by atoms with van der Waals surface area (Å²) in [5, 5.41) is 0. The summed E-state index contributed by atoms with van der Waals surface area (Å²) in [5.74, 6) is -2.54. The van der Waals surface area contributed by atoms with Crippen molar-refractivity contribution in [2.75, 3.05) is 14.1 Å². The highest BCUT2D eigenvalue weighted by Gasteiger charge is 2.24. The van der Waals surface area contributed by atoms with Crippen molar-refractivity contribution in [3.8, 4) is 0 Å². The van der Waals surface area contributed by atoms with Crippen LogP contribution in [0.2, 0.25) is 0 Å². The van der Waals surface area contributed by atoms with Gasteiger partial charge < -0.3 is 4.90 Å². The molecule has 0 heterocycles. The first-order chi connectivity index (χ1) is 4.33. The zero-order valence-electron chi connectivity index (χ0n) is 6.99. The lowest BCUT2D eigenvalue weighted by molar-refractivity contribution is -0.00646. The minimum absolute atomic E-state index is 0.0556. The second-order valence-electron chi connectivity index (χ2n) is 3.09. The van der Waals surface area contributed by atoms with Gasteiger partial charge in [0.05, 0.1) is 0 Å². The Kier molecular flexibility index (Phi) is 3.22. The van der Waals surface area contributed by atoms with Gasteiger partial charge in [-0.2, -0.15) is 0 Å². The Bertz CT molecular complexity index is 96.3. The van der Waals surface area contributed by atoms with Gasteiger partial charge in [-0.1, -0.05) is 0 Å². The smallest absolute Gasteiger partial charge is 0.246 e. The molecule has 10 heavy (non-hydrogen) atoms. The van der Waals surface area contributed by atoms with Crippen molar-refractivity contribution >= 4 is 0 Å². The van der Waals surface area contributed by atoms with E-state index in [9.17, 15) is 8.78 Å². The van der Waals surface area contributed by atoms with Crippen molar-refractivity contribution < 1.29 is 8.78 Å². The lowest BCUT2D eigenvalue weighted by Gasteiger charge is -2.22. The summed E-state index contributed by atoms with van der Waals surface area (Å²) in [5.41, 5.74) is 0. The van der Waals surface area contributed by atoms with Crippen molar-refractivity contribution in [2.45, 2.75) is 32.2 Å². The van der Waals surface area contributed by atoms with Gasteiger partial charge in [0.2, 0.25) is 5.92 Å². The fraction of sp³-hybridized carbons (Fsp3) is 1.00. The van der Waals surface area contributed by atoms with Gasteiger partial charge in [0, 0.05) is 12.5 Å². The average Bonchev–Trinajstić information content (AvgIpc) is 1.60. The third kappa shape index (κ3) is 4.68. The van der Waals surface area contributed by atoms with E-state index < -0.39 is 5.92 Å². The normalized spacial score (nSPS) is 15.9. The Hall–Kier alpha value is -0.180. The van der Waals surface area contributed by atoms with Crippen LogP contribution < -0.4 is 0 Å². The molecular formula is C7H15F2N. The van der Waals surface area contributed by atoms with Crippen molar-refractivity contribution in [1.29, 1.82) is 0 Å². The molecule has 0 aromatic carbocycles. The predicted molar refractivity (Wildman–Crippen MR) is 38.4 cm³/mol. The van der Waals surface area contributed by atoms with Crippen LogP contribution >= 0.6 is 0 Å². The van der Waals surface area contributed by atoms with Crippen LogP contribution in [0.1, 0.15) is 20.3 Å². The third-order valence-corrected chi connectivity index (χ3v) is 1.54. The van der Waals surface area contributed by atoms with Crippen LogP contribution in [-0.4, -0.2) is 31.0 Å². The molecule has 0 saturated heterocycles. The molecule has 0 aromatic heterocycles. The fourth-order valence-electron chi connectivity index (χ4n) is 0.701. The second-order valence-corrected chi connectivity index (χ2v) is 3.09. The molecule has 0 amide bonds. The molecule has 0 rings (SSSR count). The van der Waals surface area contributed by atoms with Crippen LogP contribution in [-0.2, 0) is 0 Å². The molecule has 0 bridgehead atoms. The summed E-state index contributed by atoms with van der Waals surface area (Å²) in [6, 6.07) is -0.0556. The van der Waals surface area contributed by atoms with E-state index in [2.05, 4.69) is 0 Å². The van der Waals surface area contributed by atoms with Crippen LogP contribution in [0.25, 0.3) is 0 Å². The van der Waals surface area contributed by atoms with Crippen molar-refractivity contribution in [3.63, 3.8) is 0 Å². The molecular weight excluding hydrogens is 136 g/mol. The van der Waals surface area contributed by atoms with E-state index in [-0.39, 0.29) is 12.5 Å². The monoisotopic (exact) mass is 151 g/mol. The molecule has 0 aromatic rings. The van der Waals surface area contributed by atoms with Crippen LogP contribution in [0.4, 0.5) is 8.78 Å². The highest BCUT2D eigenvalue weighted by atomic mass is 19.3. The molecule has 62 valence electrons. The quantitative estimate of drug-likeness (QED) is 0.596. The van der Waals surface area contributed by atoms with E-state index in [0.29, 0.717) is 0 Å². The number of halogens is 2. The Balaban J connectivity index is 3.68. The van der Waals surface area contributed by atoms with Gasteiger partial charge in [0.25, 0.3) is 0 Å². The Labute approximate surface area is 61.0 Å². The highest BCUT2D eigenvalue weighted by Crippen LogP contribution is 2.20. The number of rotatable bonds is 3. The molecule has 0 aliphatic rings. The Morgan fingerprint density at radius 1 is 1.40 bits per heavy atom. The molecule has 0 radical (unpaired) electrons. The fourth-order valence-corrected chi connectivity index (χ4v) is 0.701. The van der Waals surface area contributed by atoms with Gasteiger partial charge in [-0.15, -0.1) is 0 Å². The zero-order valence-corrected chi connectivity index (χ0v) is 6.99. The van der Waals surface area contributed by atoms with Crippen LogP contribution in [0.3, 0.4) is 0 Å². The lowest BCUT2D eigenvalue weighted by Crippen LogP contribution is -2.30. The van der Waals surface area contributed by atoms with Gasteiger partial charge in [0.15, 0.2) is 0 Å². The second kappa shape index (κ2) is 3.28. The van der Waals surface area contributed by atoms with Crippen molar-refractivity contribution in [2.24, 2.45) is 0 Å². The van der Waals surface area contributed by atoms with Gasteiger partial charge >= 0.3 is 0 Å². The molecule has 1 unspecified atom stereocenters. The van der Waals surface area contributed by atoms with E-state index in [4.69, 9.17) is 0 Å². The molecule has 1 atom stereocenters. The number of hydrogen-bond acceptors (Lipinski definition) is 1. The first-order valence-electron chi connectivity index (χ1n) is 3.37. The first kappa shape index (κ1) is 9.82. The van der Waals surface area contributed by atoms with Gasteiger partial charge in [-0.25, -0.2) is 8.78 Å². The Morgan fingerprint density at radius 2 is 1.80 bits per heavy atom. The largest absolute Gasteiger partial charge is 0.307 e. The SMILES string of the molecule is CC(CC(C)(F)F)N(C)C. The predicted octanol–water partition coefficient (Wildman–Crippen LogP) is 1.98. The van der Waals surface area contributed by atoms with E-state index in [1.165, 1.54) is 0 Å². The average molecular weight is 151 g/mol. The van der Waals surface area contributed by atoms with Gasteiger partial charge in [-0.3, -0.25) is 0 Å². The van der Waals surface area contributed by atoms with Gasteiger partial charge in [0.1, 0.15) is 0 Å². The Morgan fingerprint density at radius 3 is 1.90 bits per heavy atom. The molecule has 0 fully saturated rings. The summed E-state index contributed by atoms with van der Waals surface area (Å²) >= 11 is 0. The summed E-state index contributed by atoms with van der Waals surface area (Å²) in [7, 11) is 3.60. The minimum Gasteiger partial charge on any atom is -0.307 e. The van der Waals surface area contributed by atoms with E-state index >= 15 is 0 Å². The number of hydrogen-bond donors (Lipinski definition) is 0. The summed E-state index contributed by atoms with van der Waals surface area (Å²) in [6.45, 7) is 2.74. The standard InChI is InChI=1S/C7H15F2N/c1-6(10(3)4)5-7(2,8)9/h6H,5H2,1-4H3. The number of alkyl halides is 2. The highest BCUT2D eigenvalue weighted by molar-refractivity contribution is 4.68. The molecule has 0 N–H and O–H groups in total. The van der Waals surface area contributed by atoms with Crippen molar-refractivity contribution in [1.82, 2.24) is 4.90 Å². The summed E-state index contributed by atoms with van der Waals surface area (Å²) < 4.78 is 24.6. The number of nitrogens with zero attached hydrogens (tertiary/aromatic N) is 1. The maximum atomic E-state index is 12.3. The molecule has 0 aliphatic carbocycles. The molecule has 0 aliphatic heterocycles. The van der Waals surface area contributed by atoms with E-state index in [0.717, 1.165) is 6.92 Å². The maximum Gasteiger partial charge on any atom is 0.246 e. The van der Waals surface area contributed by atoms with Crippen LogP contribution in [0, 0.1) is 0 Å². The molecule has 0 spiro atoms. The zero-order chi connectivity index (χ0) is 8.36. The minimum atomic E-state index is -2.54. The lowest BCUT2D eigenvalue weighted by atomic mass is 10.1. The topological polar surface area (TPSA) is 3.24 Å². The van der Waals surface area contributed by atoms with Crippen molar-refractivity contribution in [3.05, 3.63) is 0 Å². The summed E-state index contributed by atoms with van der Waals surface area (Å²) in [4.78, 5) is 1.79. The molecule has 1 nitrogen and oxygen atoms in total. The molecule has 0 saturated carbocycles. The molecule has 3 heteroatoms. The first-order valence-corrected chi connectivity index (χ1v) is 3.37. The van der Waals surface area contributed by atoms with Crippen LogP contribution in [0.15, 0.2) is 0 Å². The van der Waals surface area contributed by atoms with E-state index in [1.54, 1.807) is 25.9 Å². The third-order valence-electron chi connectivity index (χ3n) is 1.54. The maximum absolute atomic E-state index is 12.3. The summed E-state index contributed by atoms with van der Waals surface area (Å²) in [6.07, 6.45) is -0.0694. The van der Waals surface area contributed by atoms with Crippen LogP contribution in [0.5, 0.6) is 0 Å². The van der Waals surface area contributed by atoms with Gasteiger partial charge in [-0.05, 0) is 27.9 Å².